The van der Waals surface area contributed by atoms with E-state index >= 15 is 0 Å². The average molecular weight is 381 g/mol. The van der Waals surface area contributed by atoms with E-state index < -0.39 is 0 Å². The number of halogens is 2. The maximum Gasteiger partial charge on any atom is 0.151 e. The second-order valence-corrected chi connectivity index (χ2v) is 7.61. The summed E-state index contributed by atoms with van der Waals surface area (Å²) < 4.78 is 29.9. The summed E-state index contributed by atoms with van der Waals surface area (Å²) in [5, 5.41) is 12.2. The van der Waals surface area contributed by atoms with E-state index in [-0.39, 0.29) is 23.5 Å². The summed E-state index contributed by atoms with van der Waals surface area (Å²) in [6.45, 7) is 1.19. The van der Waals surface area contributed by atoms with Gasteiger partial charge < -0.3 is 5.32 Å². The first-order valence-electron chi connectivity index (χ1n) is 9.75. The molecule has 1 fully saturated rings. The quantitative estimate of drug-likeness (QED) is 0.729. The fourth-order valence-electron chi connectivity index (χ4n) is 4.52. The molecule has 0 amide bonds. The van der Waals surface area contributed by atoms with Gasteiger partial charge in [0.2, 0.25) is 0 Å². The predicted molar refractivity (Wildman–Crippen MR) is 100 cm³/mol. The maximum absolute atomic E-state index is 14.1. The molecule has 1 aliphatic carbocycles. The van der Waals surface area contributed by atoms with Crippen LogP contribution in [0.15, 0.2) is 36.5 Å². The molecule has 144 valence electrons. The zero-order valence-corrected chi connectivity index (χ0v) is 15.4. The molecule has 0 spiro atoms. The number of fused-ring (bicyclic) bond motifs is 3. The van der Waals surface area contributed by atoms with Gasteiger partial charge in [0.1, 0.15) is 17.5 Å². The lowest BCUT2D eigenvalue weighted by molar-refractivity contribution is 0.368. The fourth-order valence-corrected chi connectivity index (χ4v) is 4.52. The highest BCUT2D eigenvalue weighted by atomic mass is 19.1. The lowest BCUT2D eigenvalue weighted by Gasteiger charge is -2.28. The Morgan fingerprint density at radius 1 is 0.964 bits per heavy atom. The summed E-state index contributed by atoms with van der Waals surface area (Å²) in [5.41, 5.74) is 2.43. The SMILES string of the molecule is Fc1ccc2c(c1)CNCc1nnc(C3CCC(c4ncccc4F)CC3)n1-2. The molecule has 0 radical (unpaired) electrons. The number of nitrogens with zero attached hydrogens (tertiary/aromatic N) is 4. The molecule has 28 heavy (non-hydrogen) atoms. The second kappa shape index (κ2) is 7.05. The second-order valence-electron chi connectivity index (χ2n) is 7.61. The summed E-state index contributed by atoms with van der Waals surface area (Å²) in [6, 6.07) is 7.98. The topological polar surface area (TPSA) is 55.6 Å². The predicted octanol–water partition coefficient (Wildman–Crippen LogP) is 3.99. The van der Waals surface area contributed by atoms with Crippen LogP contribution in [0.4, 0.5) is 8.78 Å². The first-order chi connectivity index (χ1) is 13.7. The third-order valence-corrected chi connectivity index (χ3v) is 5.90. The molecule has 3 heterocycles. The number of hydrogen-bond donors (Lipinski definition) is 1. The van der Waals surface area contributed by atoms with Crippen LogP contribution in [-0.4, -0.2) is 19.7 Å². The molecular weight excluding hydrogens is 360 g/mol. The average Bonchev–Trinajstić information content (AvgIpc) is 3.04. The van der Waals surface area contributed by atoms with Crippen molar-refractivity contribution in [1.82, 2.24) is 25.1 Å². The molecule has 1 N–H and O–H groups in total. The van der Waals surface area contributed by atoms with Gasteiger partial charge in [0.25, 0.3) is 0 Å². The van der Waals surface area contributed by atoms with Crippen LogP contribution in [0.1, 0.15) is 60.4 Å². The molecule has 5 rings (SSSR count). The van der Waals surface area contributed by atoms with Crippen molar-refractivity contribution < 1.29 is 8.78 Å². The van der Waals surface area contributed by atoms with Crippen molar-refractivity contribution in [3.05, 3.63) is 71.1 Å². The summed E-state index contributed by atoms with van der Waals surface area (Å²) in [7, 11) is 0. The molecular formula is C21H21F2N5. The molecule has 0 saturated heterocycles. The molecule has 0 unspecified atom stereocenters. The number of hydrogen-bond acceptors (Lipinski definition) is 4. The summed E-state index contributed by atoms with van der Waals surface area (Å²) in [6.07, 6.45) is 5.21. The normalized spacial score (nSPS) is 21.6. The van der Waals surface area contributed by atoms with Crippen LogP contribution in [-0.2, 0) is 13.1 Å². The van der Waals surface area contributed by atoms with Crippen LogP contribution in [0, 0.1) is 11.6 Å². The Kier molecular flexibility index (Phi) is 4.39. The molecule has 0 bridgehead atoms. The van der Waals surface area contributed by atoms with Crippen molar-refractivity contribution in [2.45, 2.75) is 50.6 Å². The zero-order chi connectivity index (χ0) is 19.1. The van der Waals surface area contributed by atoms with Gasteiger partial charge in [-0.1, -0.05) is 0 Å². The number of benzene rings is 1. The van der Waals surface area contributed by atoms with E-state index in [1.165, 1.54) is 12.1 Å². The lowest BCUT2D eigenvalue weighted by Crippen LogP contribution is -2.18. The molecule has 7 heteroatoms. The Balaban J connectivity index is 1.43. The van der Waals surface area contributed by atoms with Crippen molar-refractivity contribution in [2.75, 3.05) is 0 Å². The number of rotatable bonds is 2. The van der Waals surface area contributed by atoms with Gasteiger partial charge in [-0.05, 0) is 61.6 Å². The van der Waals surface area contributed by atoms with E-state index in [1.807, 2.05) is 6.07 Å². The Bertz CT molecular complexity index is 1010. The number of pyridine rings is 1. The monoisotopic (exact) mass is 381 g/mol. The summed E-state index contributed by atoms with van der Waals surface area (Å²) in [4.78, 5) is 4.26. The van der Waals surface area contributed by atoms with Gasteiger partial charge >= 0.3 is 0 Å². The number of nitrogens with one attached hydrogen (secondary N) is 1. The number of aromatic nitrogens is 4. The van der Waals surface area contributed by atoms with Crippen LogP contribution in [0.2, 0.25) is 0 Å². The van der Waals surface area contributed by atoms with Crippen LogP contribution in [0.25, 0.3) is 5.69 Å². The van der Waals surface area contributed by atoms with E-state index in [2.05, 4.69) is 25.1 Å². The summed E-state index contributed by atoms with van der Waals surface area (Å²) >= 11 is 0. The molecule has 5 nitrogen and oxygen atoms in total. The highest BCUT2D eigenvalue weighted by Gasteiger charge is 2.31. The van der Waals surface area contributed by atoms with Crippen molar-refractivity contribution in [3.63, 3.8) is 0 Å². The first-order valence-corrected chi connectivity index (χ1v) is 9.75. The first kappa shape index (κ1) is 17.4. The largest absolute Gasteiger partial charge is 0.306 e. The minimum atomic E-state index is -0.239. The maximum atomic E-state index is 14.1. The van der Waals surface area contributed by atoms with Gasteiger partial charge in [0.15, 0.2) is 5.82 Å². The minimum Gasteiger partial charge on any atom is -0.306 e. The molecule has 1 aliphatic heterocycles. The Morgan fingerprint density at radius 2 is 1.79 bits per heavy atom. The molecule has 1 aromatic carbocycles. The van der Waals surface area contributed by atoms with E-state index in [1.54, 1.807) is 18.3 Å². The van der Waals surface area contributed by atoms with Crippen LogP contribution in [0.5, 0.6) is 0 Å². The smallest absolute Gasteiger partial charge is 0.151 e. The van der Waals surface area contributed by atoms with E-state index in [0.29, 0.717) is 18.8 Å². The standard InChI is InChI=1S/C21H21F2N5/c22-16-7-8-18-15(10-16)11-24-12-19-26-27-21(28(18)19)14-5-3-13(4-6-14)20-17(23)2-1-9-25-20/h1-2,7-10,13-14,24H,3-6,11-12H2. The van der Waals surface area contributed by atoms with Crippen molar-refractivity contribution in [1.29, 1.82) is 0 Å². The molecule has 3 aromatic rings. The van der Waals surface area contributed by atoms with Gasteiger partial charge in [0.05, 0.1) is 17.9 Å². The van der Waals surface area contributed by atoms with E-state index in [0.717, 1.165) is 48.6 Å². The van der Waals surface area contributed by atoms with Gasteiger partial charge in [0, 0.05) is 24.6 Å². The Morgan fingerprint density at radius 3 is 2.61 bits per heavy atom. The van der Waals surface area contributed by atoms with Gasteiger partial charge in [-0.2, -0.15) is 0 Å². The molecule has 1 saturated carbocycles. The van der Waals surface area contributed by atoms with Gasteiger partial charge in [-0.3, -0.25) is 9.55 Å². The summed E-state index contributed by atoms with van der Waals surface area (Å²) in [5.74, 6) is 1.71. The minimum absolute atomic E-state index is 0.145. The lowest BCUT2D eigenvalue weighted by atomic mass is 9.79. The fraction of sp³-hybridized carbons (Fsp3) is 0.381. The van der Waals surface area contributed by atoms with Crippen molar-refractivity contribution in [3.8, 4) is 5.69 Å². The van der Waals surface area contributed by atoms with Crippen LogP contribution in [0.3, 0.4) is 0 Å². The molecule has 2 aliphatic rings. The Labute approximate surface area is 161 Å². The van der Waals surface area contributed by atoms with Crippen molar-refractivity contribution >= 4 is 0 Å². The zero-order valence-electron chi connectivity index (χ0n) is 15.4. The molecule has 0 atom stereocenters. The third kappa shape index (κ3) is 2.99. The van der Waals surface area contributed by atoms with Gasteiger partial charge in [-0.25, -0.2) is 8.78 Å². The Hall–Kier alpha value is -2.67. The van der Waals surface area contributed by atoms with Crippen LogP contribution < -0.4 is 5.32 Å². The highest BCUT2D eigenvalue weighted by Crippen LogP contribution is 2.41. The van der Waals surface area contributed by atoms with E-state index in [9.17, 15) is 8.78 Å². The molecule has 2 aromatic heterocycles. The third-order valence-electron chi connectivity index (χ3n) is 5.90. The van der Waals surface area contributed by atoms with E-state index in [4.69, 9.17) is 0 Å². The van der Waals surface area contributed by atoms with Crippen LogP contribution >= 0.6 is 0 Å². The van der Waals surface area contributed by atoms with Crippen molar-refractivity contribution in [2.24, 2.45) is 0 Å². The van der Waals surface area contributed by atoms with Gasteiger partial charge in [-0.15, -0.1) is 10.2 Å². The highest BCUT2D eigenvalue weighted by molar-refractivity contribution is 5.44.